The number of nitrogens with zero attached hydrogens (tertiary/aromatic N) is 8. The van der Waals surface area contributed by atoms with Gasteiger partial charge in [0.05, 0.1) is 46.9 Å². The Morgan fingerprint density at radius 3 is 2.80 bits per heavy atom. The summed E-state index contributed by atoms with van der Waals surface area (Å²) in [7, 11) is 0. The molecular weight excluding hydrogens is 429 g/mol. The largest absolute Gasteiger partial charge is 0.326 e. The maximum Gasteiger partial charge on any atom is 0.326 e. The predicted molar refractivity (Wildman–Crippen MR) is 112 cm³/mol. The van der Waals surface area contributed by atoms with Gasteiger partial charge in [-0.25, -0.2) is 19.3 Å². The third-order valence-electron chi connectivity index (χ3n) is 4.98. The molecule has 5 heterocycles. The molecule has 10 nitrogen and oxygen atoms in total. The monoisotopic (exact) mass is 443 g/mol. The van der Waals surface area contributed by atoms with E-state index in [1.165, 1.54) is 23.3 Å². The number of amides is 2. The topological polar surface area (TPSA) is 106 Å². The van der Waals surface area contributed by atoms with Crippen molar-refractivity contribution in [2.45, 2.75) is 19.3 Å². The summed E-state index contributed by atoms with van der Waals surface area (Å²) < 4.78 is 1.77. The normalized spacial score (nSPS) is 16.0. The molecular formula is C18H15Cl2N9O. The summed E-state index contributed by atoms with van der Waals surface area (Å²) >= 11 is 12.6. The minimum Gasteiger partial charge on any atom is -0.305 e. The second kappa shape index (κ2) is 7.22. The highest BCUT2D eigenvalue weighted by atomic mass is 35.5. The summed E-state index contributed by atoms with van der Waals surface area (Å²) in [5.74, 6) is 0.502. The zero-order valence-corrected chi connectivity index (χ0v) is 17.2. The van der Waals surface area contributed by atoms with Crippen LogP contribution in [0.25, 0.3) is 11.5 Å². The Bertz CT molecular complexity index is 1250. The highest BCUT2D eigenvalue weighted by Crippen LogP contribution is 2.35. The highest BCUT2D eigenvalue weighted by Gasteiger charge is 2.30. The molecule has 0 radical (unpaired) electrons. The van der Waals surface area contributed by atoms with Crippen molar-refractivity contribution in [1.29, 1.82) is 0 Å². The van der Waals surface area contributed by atoms with Crippen LogP contribution in [0, 0.1) is 0 Å². The second-order valence-corrected chi connectivity index (χ2v) is 7.62. The van der Waals surface area contributed by atoms with E-state index in [0.29, 0.717) is 12.2 Å². The van der Waals surface area contributed by atoms with Crippen molar-refractivity contribution in [3.63, 3.8) is 0 Å². The van der Waals surface area contributed by atoms with Crippen molar-refractivity contribution in [2.24, 2.45) is 0 Å². The summed E-state index contributed by atoms with van der Waals surface area (Å²) in [6.45, 7) is 2.64. The molecule has 0 saturated heterocycles. The number of carbonyl (C=O) groups is 1. The Morgan fingerprint density at radius 1 is 1.20 bits per heavy atom. The van der Waals surface area contributed by atoms with Crippen LogP contribution >= 0.6 is 23.2 Å². The van der Waals surface area contributed by atoms with Crippen LogP contribution in [0.5, 0.6) is 0 Å². The number of rotatable bonds is 2. The fraction of sp³-hybridized carbons (Fsp3) is 0.222. The zero-order valence-electron chi connectivity index (χ0n) is 15.7. The lowest BCUT2D eigenvalue weighted by molar-refractivity contribution is 0.256. The maximum absolute atomic E-state index is 13.1. The molecule has 152 valence electrons. The Kier molecular flexibility index (Phi) is 4.52. The molecule has 0 bridgehead atoms. The SMILES string of the molecule is C[C@H]1CCN(C(=O)Nc2cc(Cl)c(-n3nccn3)nc2Cl)c2cnc3ccnn3c21. The lowest BCUT2D eigenvalue weighted by atomic mass is 9.97. The standard InChI is InChI=1S/C18H15Cl2N9O/c1-10-3-7-27(13-9-21-14-2-4-22-28(14)15(10)13)18(30)25-12-8-11(19)17(26-16(12)20)29-23-5-6-24-29/h2,4-6,8-10H,3,7H2,1H3,(H,25,30)/t10-/m0/s1. The van der Waals surface area contributed by atoms with Crippen LogP contribution in [-0.2, 0) is 0 Å². The van der Waals surface area contributed by atoms with Crippen LogP contribution in [0.15, 0.2) is 36.9 Å². The van der Waals surface area contributed by atoms with Crippen LogP contribution in [0.4, 0.5) is 16.2 Å². The molecule has 12 heteroatoms. The lowest BCUT2D eigenvalue weighted by Crippen LogP contribution is -2.40. The Balaban J connectivity index is 1.47. The molecule has 5 rings (SSSR count). The molecule has 1 atom stereocenters. The fourth-order valence-electron chi connectivity index (χ4n) is 3.53. The first-order chi connectivity index (χ1) is 14.5. The van der Waals surface area contributed by atoms with Gasteiger partial charge in [0.1, 0.15) is 0 Å². The van der Waals surface area contributed by atoms with Gasteiger partial charge in [-0.1, -0.05) is 30.1 Å². The van der Waals surface area contributed by atoms with Crippen molar-refractivity contribution in [3.05, 3.63) is 52.8 Å². The number of halogens is 2. The van der Waals surface area contributed by atoms with Gasteiger partial charge >= 0.3 is 6.03 Å². The summed E-state index contributed by atoms with van der Waals surface area (Å²) in [5.41, 5.74) is 2.67. The molecule has 0 spiro atoms. The van der Waals surface area contributed by atoms with E-state index in [-0.39, 0.29) is 33.6 Å². The predicted octanol–water partition coefficient (Wildman–Crippen LogP) is 3.56. The first kappa shape index (κ1) is 18.8. The van der Waals surface area contributed by atoms with Crippen molar-refractivity contribution < 1.29 is 4.79 Å². The number of anilines is 2. The van der Waals surface area contributed by atoms with E-state index in [0.717, 1.165) is 17.8 Å². The summed E-state index contributed by atoms with van der Waals surface area (Å²) in [6, 6.07) is 2.99. The highest BCUT2D eigenvalue weighted by molar-refractivity contribution is 6.35. The number of hydrogen-bond donors (Lipinski definition) is 1. The summed E-state index contributed by atoms with van der Waals surface area (Å²) in [4.78, 5) is 24.6. The van der Waals surface area contributed by atoms with Gasteiger partial charge < -0.3 is 5.32 Å². The van der Waals surface area contributed by atoms with Gasteiger partial charge in [-0.05, 0) is 12.5 Å². The van der Waals surface area contributed by atoms with Crippen molar-refractivity contribution in [1.82, 2.24) is 34.6 Å². The Morgan fingerprint density at radius 2 is 2.00 bits per heavy atom. The van der Waals surface area contributed by atoms with E-state index in [9.17, 15) is 4.79 Å². The summed E-state index contributed by atoms with van der Waals surface area (Å²) in [5, 5.41) is 15.5. The van der Waals surface area contributed by atoms with Crippen LogP contribution < -0.4 is 10.2 Å². The number of aromatic nitrogens is 7. The quantitative estimate of drug-likeness (QED) is 0.474. The molecule has 1 aliphatic rings. The molecule has 4 aromatic rings. The minimum atomic E-state index is -0.360. The molecule has 0 aromatic carbocycles. The molecule has 0 fully saturated rings. The van der Waals surface area contributed by atoms with Gasteiger partial charge in [0.15, 0.2) is 16.6 Å². The number of carbonyl (C=O) groups excluding carboxylic acids is 1. The van der Waals surface area contributed by atoms with Gasteiger partial charge in [0.25, 0.3) is 0 Å². The molecule has 4 aromatic heterocycles. The maximum atomic E-state index is 13.1. The molecule has 1 N–H and O–H groups in total. The molecule has 1 aliphatic heterocycles. The van der Waals surface area contributed by atoms with E-state index < -0.39 is 0 Å². The van der Waals surface area contributed by atoms with Gasteiger partial charge in [-0.3, -0.25) is 4.90 Å². The smallest absolute Gasteiger partial charge is 0.305 e. The van der Waals surface area contributed by atoms with Gasteiger partial charge in [0, 0.05) is 18.5 Å². The van der Waals surface area contributed by atoms with Gasteiger partial charge in [-0.15, -0.1) is 4.80 Å². The van der Waals surface area contributed by atoms with Crippen molar-refractivity contribution >= 4 is 46.3 Å². The van der Waals surface area contributed by atoms with Crippen molar-refractivity contribution in [3.8, 4) is 5.82 Å². The van der Waals surface area contributed by atoms with Gasteiger partial charge in [0.2, 0.25) is 0 Å². The first-order valence-corrected chi connectivity index (χ1v) is 9.92. The van der Waals surface area contributed by atoms with Gasteiger partial charge in [-0.2, -0.15) is 15.3 Å². The number of hydrogen-bond acceptors (Lipinski definition) is 6. The minimum absolute atomic E-state index is 0.0753. The van der Waals surface area contributed by atoms with Crippen LogP contribution in [-0.4, -0.2) is 47.2 Å². The molecule has 0 aliphatic carbocycles. The molecule has 0 unspecified atom stereocenters. The molecule has 2 amide bonds. The van der Waals surface area contributed by atoms with Crippen LogP contribution in [0.3, 0.4) is 0 Å². The average Bonchev–Trinajstić information content (AvgIpc) is 3.42. The number of nitrogens with one attached hydrogen (secondary N) is 1. The molecule has 0 saturated carbocycles. The first-order valence-electron chi connectivity index (χ1n) is 9.17. The van der Waals surface area contributed by atoms with E-state index in [1.54, 1.807) is 21.8 Å². The number of fused-ring (bicyclic) bond motifs is 3. The second-order valence-electron chi connectivity index (χ2n) is 6.85. The Hall–Kier alpha value is -3.24. The fourth-order valence-corrected chi connectivity index (χ4v) is 3.94. The van der Waals surface area contributed by atoms with E-state index >= 15 is 0 Å². The van der Waals surface area contributed by atoms with Crippen molar-refractivity contribution in [2.75, 3.05) is 16.8 Å². The lowest BCUT2D eigenvalue weighted by Gasteiger charge is -2.32. The zero-order chi connectivity index (χ0) is 20.8. The number of pyridine rings is 1. The third kappa shape index (κ3) is 3.04. The van der Waals surface area contributed by atoms with E-state index in [2.05, 4.69) is 37.5 Å². The third-order valence-corrected chi connectivity index (χ3v) is 5.55. The van der Waals surface area contributed by atoms with E-state index in [4.69, 9.17) is 23.2 Å². The average molecular weight is 444 g/mol. The van der Waals surface area contributed by atoms with Crippen LogP contribution in [0.1, 0.15) is 25.0 Å². The summed E-state index contributed by atoms with van der Waals surface area (Å²) in [6.07, 6.45) is 7.18. The molecule has 30 heavy (non-hydrogen) atoms. The number of urea groups is 1. The van der Waals surface area contributed by atoms with Crippen LogP contribution in [0.2, 0.25) is 10.2 Å². The Labute approximate surface area is 180 Å². The van der Waals surface area contributed by atoms with E-state index in [1.807, 2.05) is 6.07 Å².